The van der Waals surface area contributed by atoms with Crippen LogP contribution in [0.15, 0.2) is 23.6 Å². The molecule has 1 heterocycles. The highest BCUT2D eigenvalue weighted by atomic mass is 32.1. The Bertz CT molecular complexity index is 791. The fourth-order valence-electron chi connectivity index (χ4n) is 2.03. The zero-order valence-corrected chi connectivity index (χ0v) is 16.0. The predicted molar refractivity (Wildman–Crippen MR) is 99.9 cm³/mol. The molecule has 1 atom stereocenters. The van der Waals surface area contributed by atoms with Gasteiger partial charge >= 0.3 is 5.97 Å². The average Bonchev–Trinajstić information content (AvgIpc) is 3.06. The lowest BCUT2D eigenvalue weighted by atomic mass is 10.1. The first-order valence-corrected chi connectivity index (χ1v) is 9.31. The Morgan fingerprint density at radius 3 is 2.52 bits per heavy atom. The van der Waals surface area contributed by atoms with Crippen molar-refractivity contribution in [3.05, 3.63) is 40.9 Å². The van der Waals surface area contributed by atoms with Gasteiger partial charge in [0.1, 0.15) is 17.3 Å². The molecule has 2 aromatic rings. The summed E-state index contributed by atoms with van der Waals surface area (Å²) in [7, 11) is 0. The number of esters is 1. The number of thiazole rings is 1. The van der Waals surface area contributed by atoms with Crippen LogP contribution in [-0.2, 0) is 9.53 Å². The monoisotopic (exact) mass is 397 g/mol. The molecular weight excluding hydrogens is 376 g/mol. The number of halogens is 2. The van der Waals surface area contributed by atoms with Crippen molar-refractivity contribution in [2.45, 2.75) is 33.3 Å². The van der Waals surface area contributed by atoms with Crippen LogP contribution in [0.5, 0.6) is 0 Å². The summed E-state index contributed by atoms with van der Waals surface area (Å²) < 4.78 is 32.2. The largest absolute Gasteiger partial charge is 0.448 e. The summed E-state index contributed by atoms with van der Waals surface area (Å²) in [4.78, 5) is 28.3. The number of rotatable bonds is 8. The van der Waals surface area contributed by atoms with Gasteiger partial charge in [0, 0.05) is 11.9 Å². The number of aromatic nitrogens is 1. The van der Waals surface area contributed by atoms with Crippen LogP contribution in [0.1, 0.15) is 37.7 Å². The highest BCUT2D eigenvalue weighted by Crippen LogP contribution is 2.19. The van der Waals surface area contributed by atoms with E-state index in [1.165, 1.54) is 29.7 Å². The average molecular weight is 397 g/mol. The van der Waals surface area contributed by atoms with Crippen LogP contribution in [0.25, 0.3) is 0 Å². The van der Waals surface area contributed by atoms with Gasteiger partial charge in [-0.15, -0.1) is 11.3 Å². The lowest BCUT2D eigenvalue weighted by Gasteiger charge is -2.13. The van der Waals surface area contributed by atoms with E-state index in [9.17, 15) is 18.4 Å². The third-order valence-corrected chi connectivity index (χ3v) is 4.38. The van der Waals surface area contributed by atoms with E-state index in [0.29, 0.717) is 11.0 Å². The van der Waals surface area contributed by atoms with E-state index in [0.717, 1.165) is 25.1 Å². The number of carbonyl (C=O) groups excluding carboxylic acids is 2. The van der Waals surface area contributed by atoms with Gasteiger partial charge in [-0.1, -0.05) is 19.9 Å². The predicted octanol–water partition coefficient (Wildman–Crippen LogP) is 4.06. The zero-order valence-electron chi connectivity index (χ0n) is 15.2. The minimum absolute atomic E-state index is 0.0590. The summed E-state index contributed by atoms with van der Waals surface area (Å²) >= 11 is 1.25. The van der Waals surface area contributed by atoms with Gasteiger partial charge in [-0.3, -0.25) is 4.79 Å². The second-order valence-corrected chi connectivity index (χ2v) is 7.14. The summed E-state index contributed by atoms with van der Waals surface area (Å²) in [6, 6.07) is 3.20. The van der Waals surface area contributed by atoms with Crippen LogP contribution in [0, 0.1) is 17.6 Å². The van der Waals surface area contributed by atoms with Crippen molar-refractivity contribution in [3.8, 4) is 0 Å². The quantitative estimate of drug-likeness (QED) is 0.657. The number of benzene rings is 1. The Labute approximate surface area is 160 Å². The van der Waals surface area contributed by atoms with Crippen LogP contribution in [0.4, 0.5) is 19.6 Å². The molecule has 1 aromatic carbocycles. The van der Waals surface area contributed by atoms with Crippen molar-refractivity contribution in [2.75, 3.05) is 17.2 Å². The van der Waals surface area contributed by atoms with Gasteiger partial charge in [0.15, 0.2) is 16.9 Å². The van der Waals surface area contributed by atoms with Crippen molar-refractivity contribution in [1.82, 2.24) is 4.98 Å². The minimum Gasteiger partial charge on any atom is -0.448 e. The van der Waals surface area contributed by atoms with E-state index < -0.39 is 35.3 Å². The van der Waals surface area contributed by atoms with E-state index in [2.05, 4.69) is 29.5 Å². The normalized spacial score (nSPS) is 11.9. The molecular formula is C18H21F2N3O3S. The van der Waals surface area contributed by atoms with E-state index in [1.54, 1.807) is 0 Å². The number of hydrogen-bond acceptors (Lipinski definition) is 6. The third kappa shape index (κ3) is 5.99. The molecule has 0 saturated heterocycles. The molecule has 1 amide bonds. The van der Waals surface area contributed by atoms with Crippen molar-refractivity contribution in [2.24, 2.45) is 5.92 Å². The van der Waals surface area contributed by atoms with Crippen LogP contribution >= 0.6 is 11.3 Å². The Balaban J connectivity index is 1.91. The summed E-state index contributed by atoms with van der Waals surface area (Å²) in [5, 5.41) is 7.28. The van der Waals surface area contributed by atoms with Gasteiger partial charge in [0.2, 0.25) is 0 Å². The van der Waals surface area contributed by atoms with Crippen LogP contribution < -0.4 is 10.6 Å². The van der Waals surface area contributed by atoms with Crippen molar-refractivity contribution >= 4 is 34.0 Å². The molecule has 0 aliphatic heterocycles. The fraction of sp³-hybridized carbons (Fsp3) is 0.389. The summed E-state index contributed by atoms with van der Waals surface area (Å²) in [5.74, 6) is -2.93. The summed E-state index contributed by atoms with van der Waals surface area (Å²) in [6.45, 7) is 6.24. The van der Waals surface area contributed by atoms with E-state index >= 15 is 0 Å². The smallest absolute Gasteiger partial charge is 0.358 e. The molecule has 0 fully saturated rings. The minimum atomic E-state index is -1.25. The second-order valence-electron chi connectivity index (χ2n) is 6.28. The number of nitrogens with zero attached hydrogens (tertiary/aromatic N) is 1. The van der Waals surface area contributed by atoms with Gasteiger partial charge < -0.3 is 15.4 Å². The summed E-state index contributed by atoms with van der Waals surface area (Å²) in [5.41, 5.74) is -0.528. The van der Waals surface area contributed by atoms with Gasteiger partial charge in [-0.2, -0.15) is 0 Å². The van der Waals surface area contributed by atoms with Crippen molar-refractivity contribution in [1.29, 1.82) is 0 Å². The van der Waals surface area contributed by atoms with Crippen molar-refractivity contribution < 1.29 is 23.1 Å². The molecule has 6 nitrogen and oxygen atoms in total. The molecule has 0 radical (unpaired) electrons. The topological polar surface area (TPSA) is 80.3 Å². The highest BCUT2D eigenvalue weighted by Gasteiger charge is 2.22. The Morgan fingerprint density at radius 1 is 1.22 bits per heavy atom. The first kappa shape index (κ1) is 20.8. The first-order chi connectivity index (χ1) is 12.8. The maximum atomic E-state index is 13.6. The zero-order chi connectivity index (χ0) is 20.0. The van der Waals surface area contributed by atoms with Gasteiger partial charge in [-0.05, 0) is 31.4 Å². The Kier molecular flexibility index (Phi) is 7.23. The van der Waals surface area contributed by atoms with Crippen LogP contribution in [0.2, 0.25) is 0 Å². The van der Waals surface area contributed by atoms with Gasteiger partial charge in [-0.25, -0.2) is 18.6 Å². The van der Waals surface area contributed by atoms with Crippen LogP contribution in [-0.4, -0.2) is 29.5 Å². The van der Waals surface area contributed by atoms with E-state index in [1.807, 2.05) is 0 Å². The fourth-order valence-corrected chi connectivity index (χ4v) is 2.74. The molecule has 2 rings (SSSR count). The molecule has 0 spiro atoms. The number of carbonyl (C=O) groups is 2. The van der Waals surface area contributed by atoms with Crippen molar-refractivity contribution in [3.63, 3.8) is 0 Å². The second kappa shape index (κ2) is 9.40. The number of anilines is 2. The molecule has 146 valence electrons. The van der Waals surface area contributed by atoms with Gasteiger partial charge in [0.25, 0.3) is 5.91 Å². The maximum absolute atomic E-state index is 13.6. The molecule has 0 bridgehead atoms. The molecule has 9 heteroatoms. The maximum Gasteiger partial charge on any atom is 0.358 e. The summed E-state index contributed by atoms with van der Waals surface area (Å²) in [6.07, 6.45) is -0.293. The SMILES string of the molecule is CC(C)CCNc1nc(C(=O)O[C@@H](C)C(=O)Nc2c(F)cccc2F)cs1. The number of para-hydroxylation sites is 1. The molecule has 0 aliphatic rings. The van der Waals surface area contributed by atoms with E-state index in [4.69, 9.17) is 4.74 Å². The number of nitrogens with one attached hydrogen (secondary N) is 2. The molecule has 27 heavy (non-hydrogen) atoms. The Morgan fingerprint density at radius 2 is 1.89 bits per heavy atom. The third-order valence-electron chi connectivity index (χ3n) is 3.58. The first-order valence-electron chi connectivity index (χ1n) is 8.43. The Hall–Kier alpha value is -2.55. The molecule has 0 unspecified atom stereocenters. The standard InChI is InChI=1S/C18H21F2N3O3S/c1-10(2)7-8-21-18-22-14(9-27-18)17(25)26-11(3)16(24)23-15-12(19)5-4-6-13(15)20/h4-6,9-11H,7-8H2,1-3H3,(H,21,22)(H,23,24)/t11-/m0/s1. The number of hydrogen-bond donors (Lipinski definition) is 2. The molecule has 0 aliphatic carbocycles. The lowest BCUT2D eigenvalue weighted by molar-refractivity contribution is -0.123. The lowest BCUT2D eigenvalue weighted by Crippen LogP contribution is -2.30. The number of amides is 1. The molecule has 2 N–H and O–H groups in total. The molecule has 1 aromatic heterocycles. The van der Waals surface area contributed by atoms with Crippen LogP contribution in [0.3, 0.4) is 0 Å². The van der Waals surface area contributed by atoms with Gasteiger partial charge in [0.05, 0.1) is 0 Å². The molecule has 0 saturated carbocycles. The van der Waals surface area contributed by atoms with E-state index in [-0.39, 0.29) is 5.69 Å². The highest BCUT2D eigenvalue weighted by molar-refractivity contribution is 7.13. The number of ether oxygens (including phenoxy) is 1.